The number of pyridine rings is 1. The molecular formula is C6H4BrN2O3. The van der Waals surface area contributed by atoms with Gasteiger partial charge < -0.3 is 4.74 Å². The van der Waals surface area contributed by atoms with E-state index in [4.69, 9.17) is 0 Å². The molecule has 5 nitrogen and oxygen atoms in total. The topological polar surface area (TPSA) is 65.3 Å². The Morgan fingerprint density at radius 2 is 2.50 bits per heavy atom. The quantitative estimate of drug-likeness (QED) is 0.573. The average Bonchev–Trinajstić information content (AvgIpc) is 2.04. The van der Waals surface area contributed by atoms with Gasteiger partial charge in [-0.05, 0) is 15.9 Å². The van der Waals surface area contributed by atoms with Crippen LogP contribution in [0.15, 0.2) is 10.5 Å². The van der Waals surface area contributed by atoms with Gasteiger partial charge in [0.2, 0.25) is 0 Å². The number of halogens is 1. The molecule has 0 aliphatic carbocycles. The predicted molar refractivity (Wildman–Crippen MR) is 44.0 cm³/mol. The molecule has 0 saturated heterocycles. The molecule has 1 heterocycles. The Morgan fingerprint density at radius 3 is 3.00 bits per heavy atom. The SMILES string of the molecule is COc1n[c]c(Br)cc1[N+](=O)[O-]. The zero-order valence-corrected chi connectivity index (χ0v) is 7.66. The van der Waals surface area contributed by atoms with Crippen molar-refractivity contribution in [1.82, 2.24) is 4.98 Å². The molecule has 0 spiro atoms. The summed E-state index contributed by atoms with van der Waals surface area (Å²) in [4.78, 5) is 13.4. The van der Waals surface area contributed by atoms with Gasteiger partial charge in [0.25, 0.3) is 5.88 Å². The molecule has 0 fully saturated rings. The van der Waals surface area contributed by atoms with E-state index in [0.717, 1.165) is 0 Å². The van der Waals surface area contributed by atoms with E-state index in [1.807, 2.05) is 0 Å². The second kappa shape index (κ2) is 3.48. The van der Waals surface area contributed by atoms with Gasteiger partial charge in [-0.15, -0.1) is 0 Å². The van der Waals surface area contributed by atoms with E-state index < -0.39 is 4.92 Å². The number of methoxy groups -OCH3 is 1. The molecule has 0 atom stereocenters. The van der Waals surface area contributed by atoms with Gasteiger partial charge in [0.15, 0.2) is 0 Å². The number of hydrogen-bond acceptors (Lipinski definition) is 4. The predicted octanol–water partition coefficient (Wildman–Crippen LogP) is 1.56. The summed E-state index contributed by atoms with van der Waals surface area (Å²) in [6.45, 7) is 0. The van der Waals surface area contributed by atoms with Crippen molar-refractivity contribution in [3.05, 3.63) is 26.9 Å². The molecule has 0 bridgehead atoms. The Morgan fingerprint density at radius 1 is 1.83 bits per heavy atom. The lowest BCUT2D eigenvalue weighted by molar-refractivity contribution is -0.386. The Hall–Kier alpha value is -1.17. The monoisotopic (exact) mass is 231 g/mol. The third kappa shape index (κ3) is 1.70. The summed E-state index contributed by atoms with van der Waals surface area (Å²) in [6, 6.07) is 1.28. The minimum atomic E-state index is -0.565. The van der Waals surface area contributed by atoms with Crippen LogP contribution in [0, 0.1) is 16.3 Å². The minimum absolute atomic E-state index is 0.0387. The molecule has 0 amide bonds. The first-order chi connectivity index (χ1) is 5.65. The molecule has 0 saturated carbocycles. The van der Waals surface area contributed by atoms with E-state index in [2.05, 4.69) is 31.8 Å². The number of hydrogen-bond donors (Lipinski definition) is 0. The summed E-state index contributed by atoms with van der Waals surface area (Å²) in [6.07, 6.45) is 2.48. The second-order valence-corrected chi connectivity index (χ2v) is 2.72. The molecule has 1 aromatic heterocycles. The average molecular weight is 232 g/mol. The summed E-state index contributed by atoms with van der Waals surface area (Å²) in [7, 11) is 1.32. The molecule has 0 N–H and O–H groups in total. The number of aromatic nitrogens is 1. The van der Waals surface area contributed by atoms with Gasteiger partial charge in [-0.1, -0.05) is 0 Å². The van der Waals surface area contributed by atoms with Crippen molar-refractivity contribution in [2.45, 2.75) is 0 Å². The van der Waals surface area contributed by atoms with Crippen LogP contribution in [-0.4, -0.2) is 17.0 Å². The van der Waals surface area contributed by atoms with Gasteiger partial charge in [-0.2, -0.15) is 0 Å². The lowest BCUT2D eigenvalue weighted by Gasteiger charge is -1.98. The van der Waals surface area contributed by atoms with Crippen molar-refractivity contribution < 1.29 is 9.66 Å². The van der Waals surface area contributed by atoms with E-state index >= 15 is 0 Å². The Kier molecular flexibility index (Phi) is 2.59. The normalized spacial score (nSPS) is 9.50. The van der Waals surface area contributed by atoms with E-state index in [9.17, 15) is 10.1 Å². The Bertz CT molecular complexity index is 316. The fourth-order valence-corrected chi connectivity index (χ4v) is 0.962. The van der Waals surface area contributed by atoms with Crippen LogP contribution in [0.1, 0.15) is 0 Å². The van der Waals surface area contributed by atoms with Crippen molar-refractivity contribution in [2.24, 2.45) is 0 Å². The number of ether oxygens (including phenoxy) is 1. The van der Waals surface area contributed by atoms with Crippen molar-refractivity contribution in [3.8, 4) is 5.88 Å². The maximum Gasteiger partial charge on any atom is 0.332 e. The zero-order chi connectivity index (χ0) is 9.14. The van der Waals surface area contributed by atoms with Crippen LogP contribution in [-0.2, 0) is 0 Å². The fourth-order valence-electron chi connectivity index (χ4n) is 0.657. The molecule has 1 radical (unpaired) electrons. The maximum absolute atomic E-state index is 10.4. The van der Waals surface area contributed by atoms with E-state index in [-0.39, 0.29) is 11.6 Å². The molecule has 63 valence electrons. The third-order valence-electron chi connectivity index (χ3n) is 1.14. The molecule has 12 heavy (non-hydrogen) atoms. The minimum Gasteiger partial charge on any atom is -0.476 e. The first-order valence-corrected chi connectivity index (χ1v) is 3.71. The van der Waals surface area contributed by atoms with Crippen molar-refractivity contribution in [1.29, 1.82) is 0 Å². The highest BCUT2D eigenvalue weighted by molar-refractivity contribution is 9.10. The summed E-state index contributed by atoms with van der Waals surface area (Å²) in [5, 5.41) is 10.4. The van der Waals surface area contributed by atoms with Crippen molar-refractivity contribution in [2.75, 3.05) is 7.11 Å². The number of nitrogens with zero attached hydrogens (tertiary/aromatic N) is 2. The molecular weight excluding hydrogens is 228 g/mol. The summed E-state index contributed by atoms with van der Waals surface area (Å²) >= 11 is 3.02. The van der Waals surface area contributed by atoms with Gasteiger partial charge in [-0.3, -0.25) is 10.1 Å². The summed E-state index contributed by atoms with van der Waals surface area (Å²) < 4.78 is 5.08. The van der Waals surface area contributed by atoms with Crippen molar-refractivity contribution >= 4 is 21.6 Å². The molecule has 6 heteroatoms. The second-order valence-electron chi connectivity index (χ2n) is 1.87. The molecule has 1 rings (SSSR count). The van der Waals surface area contributed by atoms with Gasteiger partial charge >= 0.3 is 5.69 Å². The smallest absolute Gasteiger partial charge is 0.332 e. The third-order valence-corrected chi connectivity index (χ3v) is 1.54. The first-order valence-electron chi connectivity index (χ1n) is 2.91. The first kappa shape index (κ1) is 8.92. The van der Waals surface area contributed by atoms with Gasteiger partial charge in [-0.25, -0.2) is 4.98 Å². The lowest BCUT2D eigenvalue weighted by atomic mass is 10.4. The maximum atomic E-state index is 10.4. The molecule has 0 aliphatic rings. The largest absolute Gasteiger partial charge is 0.476 e. The van der Waals surface area contributed by atoms with Gasteiger partial charge in [0.1, 0.15) is 6.20 Å². The van der Waals surface area contributed by atoms with Crippen LogP contribution in [0.5, 0.6) is 5.88 Å². The van der Waals surface area contributed by atoms with Crippen LogP contribution in [0.4, 0.5) is 5.69 Å². The molecule has 0 aromatic carbocycles. The number of rotatable bonds is 2. The van der Waals surface area contributed by atoms with E-state index in [0.29, 0.717) is 4.47 Å². The number of nitro groups is 1. The Balaban J connectivity index is 3.21. The molecule has 1 aromatic rings. The van der Waals surface area contributed by atoms with Crippen LogP contribution < -0.4 is 4.74 Å². The summed E-state index contributed by atoms with van der Waals surface area (Å²) in [5.41, 5.74) is -0.178. The fraction of sp³-hybridized carbons (Fsp3) is 0.167. The zero-order valence-electron chi connectivity index (χ0n) is 6.07. The van der Waals surface area contributed by atoms with Crippen LogP contribution in [0.25, 0.3) is 0 Å². The highest BCUT2D eigenvalue weighted by Crippen LogP contribution is 2.26. The molecule has 0 unspecified atom stereocenters. The highest BCUT2D eigenvalue weighted by Gasteiger charge is 2.16. The van der Waals surface area contributed by atoms with Crippen LogP contribution in [0.2, 0.25) is 0 Å². The van der Waals surface area contributed by atoms with E-state index in [1.54, 1.807) is 0 Å². The lowest BCUT2D eigenvalue weighted by Crippen LogP contribution is -1.95. The Labute approximate surface area is 76.7 Å². The van der Waals surface area contributed by atoms with Gasteiger partial charge in [0, 0.05) is 6.07 Å². The van der Waals surface area contributed by atoms with Gasteiger partial charge in [0.05, 0.1) is 16.5 Å². The highest BCUT2D eigenvalue weighted by atomic mass is 79.9. The van der Waals surface area contributed by atoms with E-state index in [1.165, 1.54) is 13.2 Å². The summed E-state index contributed by atoms with van der Waals surface area (Å²) in [5.74, 6) is -0.0387. The van der Waals surface area contributed by atoms with Crippen LogP contribution >= 0.6 is 15.9 Å². The van der Waals surface area contributed by atoms with Crippen LogP contribution in [0.3, 0.4) is 0 Å². The van der Waals surface area contributed by atoms with Crippen molar-refractivity contribution in [3.63, 3.8) is 0 Å². The standard InChI is InChI=1S/C6H4BrN2O3/c1-12-6-5(9(10)11)2-4(7)3-8-6/h2H,1H3. The molecule has 0 aliphatic heterocycles.